The number of aromatic amines is 1. The van der Waals surface area contributed by atoms with Gasteiger partial charge in [-0.3, -0.25) is 14.3 Å². The molecule has 3 rings (SSSR count). The second-order valence-corrected chi connectivity index (χ2v) is 8.30. The lowest BCUT2D eigenvalue weighted by molar-refractivity contribution is -0.000105. The third-order valence-corrected chi connectivity index (χ3v) is 4.91. The maximum atomic E-state index is 12.5. The summed E-state index contributed by atoms with van der Waals surface area (Å²) in [6.07, 6.45) is 2.47. The first-order valence-electron chi connectivity index (χ1n) is 9.96. The number of aliphatic hydroxyl groups is 1. The molecule has 11 heteroatoms. The molecule has 0 radical (unpaired) electrons. The number of imidazole rings is 1. The van der Waals surface area contributed by atoms with Crippen LogP contribution in [0, 0.1) is 0 Å². The predicted octanol–water partition coefficient (Wildman–Crippen LogP) is 2.04. The maximum Gasteiger partial charge on any atom is 0.329 e. The Balaban J connectivity index is 1.92. The number of nitrogens with zero attached hydrogens (tertiary/aromatic N) is 4. The number of H-pyrrole nitrogens is 1. The summed E-state index contributed by atoms with van der Waals surface area (Å²) in [7, 11) is 1.50. The Morgan fingerprint density at radius 1 is 1.34 bits per heavy atom. The molecular formula is C21H25BrN6O4. The van der Waals surface area contributed by atoms with E-state index in [-0.39, 0.29) is 36.4 Å². The maximum absolute atomic E-state index is 12.5. The Labute approximate surface area is 192 Å². The second-order valence-electron chi connectivity index (χ2n) is 7.38. The van der Waals surface area contributed by atoms with Crippen molar-refractivity contribution in [2.24, 2.45) is 12.1 Å². The summed E-state index contributed by atoms with van der Waals surface area (Å²) in [4.78, 5) is 31.1. The predicted molar refractivity (Wildman–Crippen MR) is 128 cm³/mol. The molecule has 170 valence electrons. The Bertz CT molecular complexity index is 1240. The fraction of sp³-hybridized carbons (Fsp3) is 0.333. The van der Waals surface area contributed by atoms with Gasteiger partial charge in [0, 0.05) is 11.5 Å². The fourth-order valence-electron chi connectivity index (χ4n) is 2.96. The van der Waals surface area contributed by atoms with E-state index in [1.165, 1.54) is 22.4 Å². The van der Waals surface area contributed by atoms with Crippen molar-refractivity contribution in [1.29, 1.82) is 0 Å². The Morgan fingerprint density at radius 2 is 2.06 bits per heavy atom. The van der Waals surface area contributed by atoms with E-state index in [2.05, 4.69) is 36.4 Å². The topological polar surface area (TPSA) is 127 Å². The minimum absolute atomic E-state index is 0.0172. The molecular weight excluding hydrogens is 480 g/mol. The van der Waals surface area contributed by atoms with E-state index in [1.54, 1.807) is 0 Å². The van der Waals surface area contributed by atoms with Crippen molar-refractivity contribution in [3.05, 3.63) is 61.2 Å². The van der Waals surface area contributed by atoms with Crippen LogP contribution in [0.25, 0.3) is 17.2 Å². The number of anilines is 1. The van der Waals surface area contributed by atoms with Crippen LogP contribution in [-0.2, 0) is 18.3 Å². The van der Waals surface area contributed by atoms with Crippen molar-refractivity contribution < 1.29 is 9.84 Å². The molecule has 0 aliphatic rings. The van der Waals surface area contributed by atoms with Gasteiger partial charge in [0.25, 0.3) is 5.56 Å². The molecule has 10 nitrogen and oxygen atoms in total. The number of fused-ring (bicyclic) bond motifs is 1. The largest absolute Gasteiger partial charge is 0.389 e. The molecule has 0 unspecified atom stereocenters. The Morgan fingerprint density at radius 3 is 2.75 bits per heavy atom. The number of hydrazone groups is 1. The number of aliphatic hydroxyl groups excluding tert-OH is 1. The highest BCUT2D eigenvalue weighted by Gasteiger charge is 2.19. The minimum Gasteiger partial charge on any atom is -0.389 e. The molecule has 0 saturated heterocycles. The number of allylic oxidation sites excluding steroid dienone is 1. The van der Waals surface area contributed by atoms with Crippen LogP contribution in [-0.4, -0.2) is 49.2 Å². The van der Waals surface area contributed by atoms with Crippen LogP contribution in [0.2, 0.25) is 0 Å². The lowest BCUT2D eigenvalue weighted by Gasteiger charge is -2.15. The monoisotopic (exact) mass is 504 g/mol. The SMILES string of the molecule is CC(C)OC[C@H](O)Cn1c(N/N=C\C(Br)=C\c2ccccc2)nc2c1c(=O)[nH]c(=O)n2C. The lowest BCUT2D eigenvalue weighted by Crippen LogP contribution is -2.30. The smallest absolute Gasteiger partial charge is 0.329 e. The van der Waals surface area contributed by atoms with Gasteiger partial charge in [0.05, 0.1) is 31.6 Å². The molecule has 0 aliphatic carbocycles. The second kappa shape index (κ2) is 10.5. The number of hydrogen-bond donors (Lipinski definition) is 3. The molecule has 0 saturated carbocycles. The molecule has 32 heavy (non-hydrogen) atoms. The molecule has 2 heterocycles. The zero-order chi connectivity index (χ0) is 23.3. The van der Waals surface area contributed by atoms with E-state index in [0.717, 1.165) is 5.56 Å². The lowest BCUT2D eigenvalue weighted by atomic mass is 10.2. The summed E-state index contributed by atoms with van der Waals surface area (Å²) in [6.45, 7) is 3.82. The number of hydrogen-bond acceptors (Lipinski definition) is 7. The number of benzene rings is 1. The average molecular weight is 505 g/mol. The quantitative estimate of drug-likeness (QED) is 0.302. The summed E-state index contributed by atoms with van der Waals surface area (Å²) in [5.74, 6) is 0.201. The van der Waals surface area contributed by atoms with Gasteiger partial charge in [-0.15, -0.1) is 0 Å². The number of ether oxygens (including phenoxy) is 1. The Hall–Kier alpha value is -3.02. The fourth-order valence-corrected chi connectivity index (χ4v) is 3.33. The first-order chi connectivity index (χ1) is 15.3. The van der Waals surface area contributed by atoms with Gasteiger partial charge in [0.15, 0.2) is 11.2 Å². The first kappa shape index (κ1) is 23.6. The average Bonchev–Trinajstić information content (AvgIpc) is 3.10. The van der Waals surface area contributed by atoms with E-state index < -0.39 is 17.4 Å². The van der Waals surface area contributed by atoms with Crippen molar-refractivity contribution >= 4 is 45.3 Å². The molecule has 3 N–H and O–H groups in total. The summed E-state index contributed by atoms with van der Waals surface area (Å²) in [6, 6.07) is 9.70. The number of aromatic nitrogens is 4. The molecule has 0 amide bonds. The van der Waals surface area contributed by atoms with E-state index in [9.17, 15) is 14.7 Å². The number of nitrogens with one attached hydrogen (secondary N) is 2. The zero-order valence-corrected chi connectivity index (χ0v) is 19.5. The van der Waals surface area contributed by atoms with Gasteiger partial charge in [-0.2, -0.15) is 10.1 Å². The van der Waals surface area contributed by atoms with Crippen molar-refractivity contribution in [3.63, 3.8) is 0 Å². The van der Waals surface area contributed by atoms with Gasteiger partial charge >= 0.3 is 5.69 Å². The zero-order valence-electron chi connectivity index (χ0n) is 17.9. The van der Waals surface area contributed by atoms with Crippen LogP contribution in [0.5, 0.6) is 0 Å². The highest BCUT2D eigenvalue weighted by atomic mass is 79.9. The molecule has 1 aromatic carbocycles. The highest BCUT2D eigenvalue weighted by molar-refractivity contribution is 9.12. The molecule has 0 fully saturated rings. The summed E-state index contributed by atoms with van der Waals surface area (Å²) < 4.78 is 8.87. The van der Waals surface area contributed by atoms with E-state index >= 15 is 0 Å². The number of halogens is 1. The standard InChI is InChI=1S/C21H25BrN6O4/c1-13(2)32-12-16(29)11-28-17-18(27(3)21(31)25-19(17)30)24-20(28)26-23-10-15(22)9-14-7-5-4-6-8-14/h4-10,13,16,29H,11-12H2,1-3H3,(H,24,26)(H,25,30,31)/b15-9-,23-10-/t16-/m1/s1. The van der Waals surface area contributed by atoms with Crippen molar-refractivity contribution in [2.45, 2.75) is 32.6 Å². The van der Waals surface area contributed by atoms with E-state index in [0.29, 0.717) is 4.48 Å². The van der Waals surface area contributed by atoms with Gasteiger partial charge in [0.1, 0.15) is 0 Å². The van der Waals surface area contributed by atoms with Crippen LogP contribution in [0.4, 0.5) is 5.95 Å². The normalized spacial score (nSPS) is 13.4. The van der Waals surface area contributed by atoms with Crippen molar-refractivity contribution in [3.8, 4) is 0 Å². The number of rotatable bonds is 9. The molecule has 0 bridgehead atoms. The van der Waals surface area contributed by atoms with Crippen LogP contribution in [0.1, 0.15) is 19.4 Å². The van der Waals surface area contributed by atoms with Crippen LogP contribution in [0.3, 0.4) is 0 Å². The van der Waals surface area contributed by atoms with Crippen LogP contribution < -0.4 is 16.7 Å². The van der Waals surface area contributed by atoms with Crippen LogP contribution >= 0.6 is 15.9 Å². The third-order valence-electron chi connectivity index (χ3n) is 4.48. The van der Waals surface area contributed by atoms with Crippen molar-refractivity contribution in [2.75, 3.05) is 12.0 Å². The number of aryl methyl sites for hydroxylation is 1. The van der Waals surface area contributed by atoms with Crippen LogP contribution in [0.15, 0.2) is 49.5 Å². The van der Waals surface area contributed by atoms with Gasteiger partial charge < -0.3 is 14.4 Å². The summed E-state index contributed by atoms with van der Waals surface area (Å²) in [5, 5.41) is 14.6. The molecule has 2 aromatic heterocycles. The van der Waals surface area contributed by atoms with Gasteiger partial charge in [-0.1, -0.05) is 30.3 Å². The van der Waals surface area contributed by atoms with E-state index in [4.69, 9.17) is 4.74 Å². The summed E-state index contributed by atoms with van der Waals surface area (Å²) in [5.41, 5.74) is 2.92. The molecule has 0 spiro atoms. The molecule has 3 aromatic rings. The molecule has 0 aliphatic heterocycles. The minimum atomic E-state index is -0.902. The van der Waals surface area contributed by atoms with Gasteiger partial charge in [-0.25, -0.2) is 10.2 Å². The Kier molecular flexibility index (Phi) is 7.78. The first-order valence-corrected chi connectivity index (χ1v) is 10.8. The van der Waals surface area contributed by atoms with Gasteiger partial charge in [-0.05, 0) is 41.4 Å². The highest BCUT2D eigenvalue weighted by Crippen LogP contribution is 2.17. The van der Waals surface area contributed by atoms with Crippen molar-refractivity contribution in [1.82, 2.24) is 19.1 Å². The van der Waals surface area contributed by atoms with Gasteiger partial charge in [0.2, 0.25) is 5.95 Å². The van der Waals surface area contributed by atoms with E-state index in [1.807, 2.05) is 50.3 Å². The molecule has 1 atom stereocenters. The third kappa shape index (κ3) is 5.81. The summed E-state index contributed by atoms with van der Waals surface area (Å²) >= 11 is 3.44.